The quantitative estimate of drug-likeness (QED) is 0.268. The van der Waals surface area contributed by atoms with Crippen LogP contribution >= 0.6 is 0 Å². The lowest BCUT2D eigenvalue weighted by molar-refractivity contribution is -0.153. The Hall–Kier alpha value is -1.65. The second-order valence-electron chi connectivity index (χ2n) is 5.63. The summed E-state index contributed by atoms with van der Waals surface area (Å²) in [7, 11) is 1.41. The Labute approximate surface area is 132 Å². The molecule has 2 unspecified atom stereocenters. The Morgan fingerprint density at radius 1 is 1.32 bits per heavy atom. The van der Waals surface area contributed by atoms with E-state index in [1.165, 1.54) is 7.11 Å². The zero-order valence-electron chi connectivity index (χ0n) is 13.5. The highest BCUT2D eigenvalue weighted by molar-refractivity contribution is 5.94. The minimum atomic E-state index is -0.410. The lowest BCUT2D eigenvalue weighted by Crippen LogP contribution is -2.17. The Morgan fingerprint density at radius 3 is 2.64 bits per heavy atom. The Morgan fingerprint density at radius 2 is 2.05 bits per heavy atom. The summed E-state index contributed by atoms with van der Waals surface area (Å²) < 4.78 is 9.19. The van der Waals surface area contributed by atoms with Crippen molar-refractivity contribution in [1.29, 1.82) is 0 Å². The fraction of sp³-hybridized carbons (Fsp3) is 0.706. The number of hydrogen-bond acceptors (Lipinski definition) is 5. The molecular formula is C17H26O5. The molecular weight excluding hydrogens is 284 g/mol. The van der Waals surface area contributed by atoms with E-state index in [0.29, 0.717) is 6.42 Å². The van der Waals surface area contributed by atoms with Crippen molar-refractivity contribution in [2.45, 2.75) is 58.3 Å². The molecule has 0 aromatic rings. The zero-order valence-corrected chi connectivity index (χ0v) is 13.5. The van der Waals surface area contributed by atoms with Crippen LogP contribution in [0.2, 0.25) is 0 Å². The molecule has 0 aromatic carbocycles. The van der Waals surface area contributed by atoms with Gasteiger partial charge < -0.3 is 9.47 Å². The Bertz CT molecular complexity index is 413. The largest absolute Gasteiger partial charge is 0.469 e. The van der Waals surface area contributed by atoms with Crippen LogP contribution in [0.4, 0.5) is 0 Å². The summed E-state index contributed by atoms with van der Waals surface area (Å²) >= 11 is 0. The van der Waals surface area contributed by atoms with E-state index in [2.05, 4.69) is 15.5 Å². The van der Waals surface area contributed by atoms with Gasteiger partial charge in [-0.3, -0.25) is 14.4 Å². The van der Waals surface area contributed by atoms with Crippen LogP contribution < -0.4 is 0 Å². The summed E-state index contributed by atoms with van der Waals surface area (Å²) in [6.07, 6.45) is 10.6. The van der Waals surface area contributed by atoms with Gasteiger partial charge in [0.2, 0.25) is 0 Å². The van der Waals surface area contributed by atoms with Gasteiger partial charge in [-0.25, -0.2) is 0 Å². The van der Waals surface area contributed by atoms with Gasteiger partial charge >= 0.3 is 17.9 Å². The van der Waals surface area contributed by atoms with E-state index in [4.69, 9.17) is 0 Å². The molecule has 1 aliphatic rings. The molecule has 0 spiro atoms. The number of carbonyl (C=O) groups is 3. The third-order valence-electron chi connectivity index (χ3n) is 4.00. The van der Waals surface area contributed by atoms with E-state index >= 15 is 0 Å². The molecule has 2 atom stereocenters. The van der Waals surface area contributed by atoms with Gasteiger partial charge in [0.1, 0.15) is 0 Å². The van der Waals surface area contributed by atoms with E-state index in [9.17, 15) is 14.4 Å². The van der Waals surface area contributed by atoms with Gasteiger partial charge in [0, 0.05) is 6.42 Å². The predicted octanol–water partition coefficient (Wildman–Crippen LogP) is 3.17. The molecule has 0 saturated carbocycles. The van der Waals surface area contributed by atoms with Crippen molar-refractivity contribution >= 4 is 17.9 Å². The minimum Gasteiger partial charge on any atom is -0.469 e. The van der Waals surface area contributed by atoms with Crippen LogP contribution in [-0.2, 0) is 23.9 Å². The van der Waals surface area contributed by atoms with Crippen LogP contribution in [0.1, 0.15) is 58.3 Å². The molecule has 1 heterocycles. The normalized spacial score (nSPS) is 19.5. The standard InChI is InChI=1S/C17H26O5/c1-3-13(14-12-16(19)22-17(14)20)10-8-6-4-5-7-9-11-15(18)21-2/h8,10,13-14H,3-7,9,11-12H2,1-2H3/b10-8+. The molecule has 0 bridgehead atoms. The van der Waals surface area contributed by atoms with Gasteiger partial charge in [-0.15, -0.1) is 0 Å². The summed E-state index contributed by atoms with van der Waals surface area (Å²) in [6, 6.07) is 0. The first-order valence-corrected chi connectivity index (χ1v) is 8.06. The number of allylic oxidation sites excluding steroid dienone is 2. The molecule has 0 aliphatic carbocycles. The highest BCUT2D eigenvalue weighted by Gasteiger charge is 2.37. The second kappa shape index (κ2) is 10.1. The number of ether oxygens (including phenoxy) is 2. The molecule has 1 aliphatic heterocycles. The Kier molecular flexibility index (Phi) is 8.48. The van der Waals surface area contributed by atoms with Gasteiger partial charge in [0.05, 0.1) is 19.4 Å². The first-order valence-electron chi connectivity index (χ1n) is 8.06. The number of methoxy groups -OCH3 is 1. The van der Waals surface area contributed by atoms with E-state index in [-0.39, 0.29) is 30.2 Å². The SMILES string of the molecule is CCC(/C=C/CCCCCCC(=O)OC)C1CC(=O)OC1=O. The molecule has 1 fully saturated rings. The van der Waals surface area contributed by atoms with E-state index in [1.54, 1.807) is 0 Å². The maximum absolute atomic E-state index is 11.6. The average molecular weight is 310 g/mol. The smallest absolute Gasteiger partial charge is 0.317 e. The molecule has 0 aromatic heterocycles. The zero-order chi connectivity index (χ0) is 16.4. The van der Waals surface area contributed by atoms with Gasteiger partial charge in [-0.2, -0.15) is 0 Å². The number of unbranched alkanes of at least 4 members (excludes halogenated alkanes) is 4. The maximum Gasteiger partial charge on any atom is 0.317 e. The number of rotatable bonds is 10. The maximum atomic E-state index is 11.6. The van der Waals surface area contributed by atoms with Crippen LogP contribution in [0, 0.1) is 11.8 Å². The van der Waals surface area contributed by atoms with Crippen molar-refractivity contribution in [1.82, 2.24) is 0 Å². The van der Waals surface area contributed by atoms with Gasteiger partial charge in [0.15, 0.2) is 0 Å². The summed E-state index contributed by atoms with van der Waals surface area (Å²) in [6.45, 7) is 2.01. The third kappa shape index (κ3) is 6.41. The lowest BCUT2D eigenvalue weighted by atomic mass is 9.88. The van der Waals surface area contributed by atoms with Crippen LogP contribution in [0.15, 0.2) is 12.2 Å². The number of esters is 3. The van der Waals surface area contributed by atoms with Crippen molar-refractivity contribution in [3.8, 4) is 0 Å². The molecule has 124 valence electrons. The van der Waals surface area contributed by atoms with Gasteiger partial charge in [0.25, 0.3) is 0 Å². The second-order valence-corrected chi connectivity index (χ2v) is 5.63. The van der Waals surface area contributed by atoms with E-state index in [0.717, 1.165) is 38.5 Å². The topological polar surface area (TPSA) is 69.7 Å². The van der Waals surface area contributed by atoms with Crippen molar-refractivity contribution in [2.75, 3.05) is 7.11 Å². The summed E-state index contributed by atoms with van der Waals surface area (Å²) in [4.78, 5) is 33.6. The van der Waals surface area contributed by atoms with E-state index in [1.807, 2.05) is 13.0 Å². The van der Waals surface area contributed by atoms with Crippen LogP contribution in [-0.4, -0.2) is 25.0 Å². The fourth-order valence-electron chi connectivity index (χ4n) is 2.63. The van der Waals surface area contributed by atoms with E-state index < -0.39 is 5.97 Å². The summed E-state index contributed by atoms with van der Waals surface area (Å²) in [5, 5.41) is 0. The molecule has 22 heavy (non-hydrogen) atoms. The number of cyclic esters (lactones) is 2. The number of carbonyl (C=O) groups excluding carboxylic acids is 3. The molecule has 0 amide bonds. The highest BCUT2D eigenvalue weighted by atomic mass is 16.6. The van der Waals surface area contributed by atoms with Gasteiger partial charge in [-0.1, -0.05) is 31.9 Å². The first kappa shape index (κ1) is 18.4. The lowest BCUT2D eigenvalue weighted by Gasteiger charge is -2.13. The fourth-order valence-corrected chi connectivity index (χ4v) is 2.63. The van der Waals surface area contributed by atoms with Crippen LogP contribution in [0.3, 0.4) is 0 Å². The van der Waals surface area contributed by atoms with Crippen molar-refractivity contribution in [3.05, 3.63) is 12.2 Å². The monoisotopic (exact) mass is 310 g/mol. The Balaban J connectivity index is 2.17. The molecule has 5 heteroatoms. The molecule has 0 radical (unpaired) electrons. The minimum absolute atomic E-state index is 0.0817. The van der Waals surface area contributed by atoms with Crippen molar-refractivity contribution in [3.63, 3.8) is 0 Å². The first-order chi connectivity index (χ1) is 10.6. The third-order valence-corrected chi connectivity index (χ3v) is 4.00. The van der Waals surface area contributed by atoms with Gasteiger partial charge in [-0.05, 0) is 31.6 Å². The molecule has 1 saturated heterocycles. The summed E-state index contributed by atoms with van der Waals surface area (Å²) in [5.74, 6) is -1.17. The summed E-state index contributed by atoms with van der Waals surface area (Å²) in [5.41, 5.74) is 0. The average Bonchev–Trinajstić information content (AvgIpc) is 2.84. The highest BCUT2D eigenvalue weighted by Crippen LogP contribution is 2.28. The van der Waals surface area contributed by atoms with Crippen molar-refractivity contribution in [2.24, 2.45) is 11.8 Å². The number of hydrogen-bond donors (Lipinski definition) is 0. The molecule has 5 nitrogen and oxygen atoms in total. The molecule has 1 rings (SSSR count). The van der Waals surface area contributed by atoms with Crippen molar-refractivity contribution < 1.29 is 23.9 Å². The van der Waals surface area contributed by atoms with Crippen LogP contribution in [0.25, 0.3) is 0 Å². The predicted molar refractivity (Wildman–Crippen MR) is 81.8 cm³/mol. The molecule has 0 N–H and O–H groups in total. The van der Waals surface area contributed by atoms with Crippen LogP contribution in [0.5, 0.6) is 0 Å².